The lowest BCUT2D eigenvalue weighted by Crippen LogP contribution is -2.51. The van der Waals surface area contributed by atoms with E-state index >= 15 is 0 Å². The van der Waals surface area contributed by atoms with E-state index in [1.807, 2.05) is 23.1 Å². The minimum Gasteiger partial charge on any atom is -0.482 e. The van der Waals surface area contributed by atoms with Crippen LogP contribution in [0.25, 0.3) is 0 Å². The number of piperidine rings is 2. The van der Waals surface area contributed by atoms with Crippen molar-refractivity contribution in [2.24, 2.45) is 0 Å². The van der Waals surface area contributed by atoms with Crippen LogP contribution in [0.3, 0.4) is 0 Å². The fraction of sp³-hybridized carbons (Fsp3) is 0.462. The fourth-order valence-electron chi connectivity index (χ4n) is 4.89. The molecule has 0 aliphatic carbocycles. The van der Waals surface area contributed by atoms with Gasteiger partial charge in [0, 0.05) is 37.3 Å². The zero-order valence-electron chi connectivity index (χ0n) is 19.0. The Kier molecular flexibility index (Phi) is 7.96. The van der Waals surface area contributed by atoms with Gasteiger partial charge >= 0.3 is 5.97 Å². The van der Waals surface area contributed by atoms with E-state index in [9.17, 15) is 9.59 Å². The molecular formula is C26H33N3O4. The quantitative estimate of drug-likeness (QED) is 0.642. The maximum Gasteiger partial charge on any atom is 0.341 e. The predicted octanol–water partition coefficient (Wildman–Crippen LogP) is 3.01. The van der Waals surface area contributed by atoms with Crippen LogP contribution in [0.1, 0.15) is 41.6 Å². The molecule has 0 spiro atoms. The molecule has 2 aromatic carbocycles. The van der Waals surface area contributed by atoms with E-state index in [2.05, 4.69) is 22.3 Å². The molecular weight excluding hydrogens is 418 g/mol. The Morgan fingerprint density at radius 1 is 0.970 bits per heavy atom. The third-order valence-electron chi connectivity index (χ3n) is 6.69. The molecule has 4 rings (SSSR count). The third-order valence-corrected chi connectivity index (χ3v) is 6.69. The molecule has 0 radical (unpaired) electrons. The number of carbonyl (C=O) groups excluding carboxylic acids is 1. The second-order valence-electron chi connectivity index (χ2n) is 8.87. The van der Waals surface area contributed by atoms with Crippen LogP contribution in [0.2, 0.25) is 0 Å². The number of hydrogen-bond acceptors (Lipinski definition) is 5. The zero-order valence-corrected chi connectivity index (χ0v) is 19.0. The van der Waals surface area contributed by atoms with Crippen molar-refractivity contribution >= 4 is 11.9 Å². The monoisotopic (exact) mass is 451 g/mol. The summed E-state index contributed by atoms with van der Waals surface area (Å²) in [5, 5.41) is 12.2. The van der Waals surface area contributed by atoms with Gasteiger partial charge in [0.15, 0.2) is 6.61 Å². The van der Waals surface area contributed by atoms with Crippen LogP contribution >= 0.6 is 0 Å². The van der Waals surface area contributed by atoms with Gasteiger partial charge in [-0.25, -0.2) is 4.79 Å². The van der Waals surface area contributed by atoms with Crippen LogP contribution in [0.4, 0.5) is 0 Å². The molecule has 2 heterocycles. The minimum absolute atomic E-state index is 0.00366. The van der Waals surface area contributed by atoms with Gasteiger partial charge in [-0.3, -0.25) is 4.79 Å². The molecule has 0 bridgehead atoms. The Balaban J connectivity index is 1.45. The first kappa shape index (κ1) is 23.3. The second-order valence-corrected chi connectivity index (χ2v) is 8.87. The highest BCUT2D eigenvalue weighted by molar-refractivity contribution is 5.94. The number of rotatable bonds is 8. The summed E-state index contributed by atoms with van der Waals surface area (Å²) in [6.07, 6.45) is 4.35. The zero-order chi connectivity index (χ0) is 23.0. The number of nitrogens with zero attached hydrogens (tertiary/aromatic N) is 2. The number of carboxylic acid groups (broad SMARTS) is 1. The van der Waals surface area contributed by atoms with Crippen LogP contribution in [-0.2, 0) is 11.3 Å². The smallest absolute Gasteiger partial charge is 0.341 e. The maximum absolute atomic E-state index is 13.6. The van der Waals surface area contributed by atoms with Crippen molar-refractivity contribution in [2.75, 3.05) is 32.8 Å². The molecule has 0 aromatic heterocycles. The normalized spacial score (nSPS) is 18.1. The lowest BCUT2D eigenvalue weighted by Gasteiger charge is -2.42. The molecule has 0 atom stereocenters. The van der Waals surface area contributed by atoms with Gasteiger partial charge < -0.3 is 25.0 Å². The SMILES string of the molecule is O=C(O)COc1ccc(C(=O)N(Cc2ccccc2)C2CCN(C3CCNCC3)CC2)cc1. The number of hydrogen-bond donors (Lipinski definition) is 2. The average Bonchev–Trinajstić information content (AvgIpc) is 2.87. The number of amides is 1. The van der Waals surface area contributed by atoms with Crippen LogP contribution in [-0.4, -0.2) is 71.7 Å². The number of nitrogens with one attached hydrogen (secondary N) is 1. The summed E-state index contributed by atoms with van der Waals surface area (Å²) in [5.74, 6) is -0.581. The molecule has 2 aliphatic rings. The van der Waals surface area contributed by atoms with E-state index in [-0.39, 0.29) is 11.9 Å². The highest BCUT2D eigenvalue weighted by Gasteiger charge is 2.31. The van der Waals surface area contributed by atoms with Crippen LogP contribution in [0.5, 0.6) is 5.75 Å². The lowest BCUT2D eigenvalue weighted by atomic mass is 9.96. The molecule has 2 N–H and O–H groups in total. The fourth-order valence-corrected chi connectivity index (χ4v) is 4.89. The number of aliphatic carboxylic acids is 1. The average molecular weight is 452 g/mol. The Bertz CT molecular complexity index is 905. The van der Waals surface area contributed by atoms with Gasteiger partial charge in [0.05, 0.1) is 0 Å². The summed E-state index contributed by atoms with van der Waals surface area (Å²) in [4.78, 5) is 28.9. The van der Waals surface area contributed by atoms with Crippen molar-refractivity contribution in [3.8, 4) is 5.75 Å². The molecule has 7 nitrogen and oxygen atoms in total. The highest BCUT2D eigenvalue weighted by atomic mass is 16.5. The molecule has 2 aromatic rings. The minimum atomic E-state index is -1.03. The Morgan fingerprint density at radius 3 is 2.27 bits per heavy atom. The molecule has 0 saturated carbocycles. The number of benzene rings is 2. The summed E-state index contributed by atoms with van der Waals surface area (Å²) in [6.45, 7) is 4.41. The molecule has 2 aliphatic heterocycles. The van der Waals surface area contributed by atoms with E-state index < -0.39 is 12.6 Å². The van der Waals surface area contributed by atoms with Crippen molar-refractivity contribution in [3.05, 3.63) is 65.7 Å². The second kappa shape index (κ2) is 11.3. The molecule has 33 heavy (non-hydrogen) atoms. The molecule has 2 saturated heterocycles. The molecule has 2 fully saturated rings. The summed E-state index contributed by atoms with van der Waals surface area (Å²) in [6, 6.07) is 17.8. The number of carbonyl (C=O) groups is 2. The first-order valence-electron chi connectivity index (χ1n) is 11.8. The Morgan fingerprint density at radius 2 is 1.64 bits per heavy atom. The van der Waals surface area contributed by atoms with Gasteiger partial charge in [-0.15, -0.1) is 0 Å². The number of likely N-dealkylation sites (tertiary alicyclic amines) is 1. The van der Waals surface area contributed by atoms with Gasteiger partial charge in [-0.05, 0) is 68.6 Å². The Hall–Kier alpha value is -2.90. The predicted molar refractivity (Wildman–Crippen MR) is 126 cm³/mol. The van der Waals surface area contributed by atoms with Gasteiger partial charge in [0.1, 0.15) is 5.75 Å². The van der Waals surface area contributed by atoms with Crippen LogP contribution < -0.4 is 10.1 Å². The van der Waals surface area contributed by atoms with Crippen molar-refractivity contribution in [1.82, 2.24) is 15.1 Å². The molecule has 0 unspecified atom stereocenters. The van der Waals surface area contributed by atoms with Gasteiger partial charge in [-0.1, -0.05) is 30.3 Å². The van der Waals surface area contributed by atoms with Crippen molar-refractivity contribution in [3.63, 3.8) is 0 Å². The Labute approximate surface area is 195 Å². The van der Waals surface area contributed by atoms with Gasteiger partial charge in [-0.2, -0.15) is 0 Å². The van der Waals surface area contributed by atoms with E-state index in [0.29, 0.717) is 23.9 Å². The molecule has 1 amide bonds. The van der Waals surface area contributed by atoms with Crippen molar-refractivity contribution in [2.45, 2.75) is 44.3 Å². The van der Waals surface area contributed by atoms with Gasteiger partial charge in [0.25, 0.3) is 5.91 Å². The molecule has 176 valence electrons. The van der Waals surface area contributed by atoms with E-state index in [1.54, 1.807) is 24.3 Å². The summed E-state index contributed by atoms with van der Waals surface area (Å²) in [7, 11) is 0. The first-order valence-corrected chi connectivity index (χ1v) is 11.8. The number of ether oxygens (including phenoxy) is 1. The van der Waals surface area contributed by atoms with Crippen LogP contribution in [0, 0.1) is 0 Å². The highest BCUT2D eigenvalue weighted by Crippen LogP contribution is 2.25. The molecule has 7 heteroatoms. The summed E-state index contributed by atoms with van der Waals surface area (Å²) < 4.78 is 5.21. The standard InChI is InChI=1S/C26H33N3O4/c30-25(31)19-33-24-8-6-21(7-9-24)26(32)29(18-20-4-2-1-3-5-20)23-12-16-28(17-13-23)22-10-14-27-15-11-22/h1-9,22-23,27H,10-19H2,(H,30,31). The number of carboxylic acids is 1. The third kappa shape index (κ3) is 6.33. The van der Waals surface area contributed by atoms with Crippen LogP contribution in [0.15, 0.2) is 54.6 Å². The first-order chi connectivity index (χ1) is 16.1. The van der Waals surface area contributed by atoms with Crippen molar-refractivity contribution in [1.29, 1.82) is 0 Å². The van der Waals surface area contributed by atoms with E-state index in [0.717, 1.165) is 44.6 Å². The summed E-state index contributed by atoms with van der Waals surface area (Å²) >= 11 is 0. The topological polar surface area (TPSA) is 82.1 Å². The van der Waals surface area contributed by atoms with E-state index in [4.69, 9.17) is 9.84 Å². The lowest BCUT2D eigenvalue weighted by molar-refractivity contribution is -0.139. The summed E-state index contributed by atoms with van der Waals surface area (Å²) in [5.41, 5.74) is 1.71. The van der Waals surface area contributed by atoms with Crippen molar-refractivity contribution < 1.29 is 19.4 Å². The largest absolute Gasteiger partial charge is 0.482 e. The maximum atomic E-state index is 13.6. The van der Waals surface area contributed by atoms with Gasteiger partial charge in [0.2, 0.25) is 0 Å². The van der Waals surface area contributed by atoms with E-state index in [1.165, 1.54) is 12.8 Å².